The number of methoxy groups -OCH3 is 1. The van der Waals surface area contributed by atoms with Crippen molar-refractivity contribution in [3.8, 4) is 11.5 Å². The molecule has 2 aromatic rings. The van der Waals surface area contributed by atoms with Crippen LogP contribution in [0.1, 0.15) is 5.56 Å². The summed E-state index contributed by atoms with van der Waals surface area (Å²) in [7, 11) is 1.57. The first-order valence-electron chi connectivity index (χ1n) is 6.67. The minimum absolute atomic E-state index is 0.0541. The molecule has 2 rings (SSSR count). The lowest BCUT2D eigenvalue weighted by molar-refractivity contribution is -0.119. The average Bonchev–Trinajstić information content (AvgIpc) is 2.55. The number of amides is 1. The molecule has 0 saturated carbocycles. The van der Waals surface area contributed by atoms with Gasteiger partial charge in [-0.1, -0.05) is 24.3 Å². The number of anilines is 1. The highest BCUT2D eigenvalue weighted by Crippen LogP contribution is 2.22. The molecule has 1 amide bonds. The second-order valence-electron chi connectivity index (χ2n) is 4.41. The zero-order valence-corrected chi connectivity index (χ0v) is 12.1. The second kappa shape index (κ2) is 7.68. The molecule has 0 unspecified atom stereocenters. The van der Waals surface area contributed by atoms with Gasteiger partial charge in [0.15, 0.2) is 0 Å². The Morgan fingerprint density at radius 1 is 1.23 bits per heavy atom. The van der Waals surface area contributed by atoms with Crippen molar-refractivity contribution in [3.05, 3.63) is 54.1 Å². The number of carbonyl (C=O) groups excluding carboxylic acids is 1. The summed E-state index contributed by atoms with van der Waals surface area (Å²) in [6.07, 6.45) is 1.39. The van der Waals surface area contributed by atoms with Crippen molar-refractivity contribution in [2.75, 3.05) is 19.0 Å². The molecule has 0 radical (unpaired) electrons. The molecule has 3 N–H and O–H groups in total. The van der Waals surface area contributed by atoms with Crippen LogP contribution < -0.4 is 15.5 Å². The molecular formula is C16H17N3O3. The summed E-state index contributed by atoms with van der Waals surface area (Å²) in [5.74, 6) is 0.457. The molecule has 0 aliphatic rings. The number of aromatic hydroxyl groups is 1. The molecule has 0 atom stereocenters. The molecule has 0 fully saturated rings. The normalized spacial score (nSPS) is 10.4. The molecule has 0 heterocycles. The van der Waals surface area contributed by atoms with E-state index < -0.39 is 0 Å². The number of nitrogens with zero attached hydrogens (tertiary/aromatic N) is 1. The van der Waals surface area contributed by atoms with Gasteiger partial charge >= 0.3 is 0 Å². The Bertz CT molecular complexity index is 671. The smallest absolute Gasteiger partial charge is 0.259 e. The number of nitrogens with one attached hydrogen (secondary N) is 2. The van der Waals surface area contributed by atoms with Crippen LogP contribution in [0.3, 0.4) is 0 Å². The third kappa shape index (κ3) is 4.24. The van der Waals surface area contributed by atoms with E-state index in [0.29, 0.717) is 11.3 Å². The monoisotopic (exact) mass is 299 g/mol. The number of carbonyl (C=O) groups is 1. The topological polar surface area (TPSA) is 83.0 Å². The summed E-state index contributed by atoms with van der Waals surface area (Å²) in [5.41, 5.74) is 3.64. The number of para-hydroxylation sites is 3. The third-order valence-electron chi connectivity index (χ3n) is 2.88. The highest BCUT2D eigenvalue weighted by Gasteiger charge is 2.04. The molecule has 6 nitrogen and oxygen atoms in total. The molecule has 0 bridgehead atoms. The molecule has 0 aliphatic heterocycles. The van der Waals surface area contributed by atoms with E-state index in [9.17, 15) is 9.90 Å². The van der Waals surface area contributed by atoms with Crippen LogP contribution in [0.25, 0.3) is 0 Å². The minimum atomic E-state index is -0.308. The molecule has 0 aliphatic carbocycles. The fourth-order valence-corrected chi connectivity index (χ4v) is 1.78. The van der Waals surface area contributed by atoms with Crippen molar-refractivity contribution in [3.63, 3.8) is 0 Å². The van der Waals surface area contributed by atoms with E-state index in [-0.39, 0.29) is 18.2 Å². The number of phenolic OH excluding ortho intramolecular Hbond substituents is 1. The van der Waals surface area contributed by atoms with Crippen LogP contribution in [-0.4, -0.2) is 30.9 Å². The molecular weight excluding hydrogens is 282 g/mol. The van der Waals surface area contributed by atoms with Crippen LogP contribution in [0.4, 0.5) is 5.69 Å². The summed E-state index contributed by atoms with van der Waals surface area (Å²) < 4.78 is 5.18. The number of hydrogen-bond acceptors (Lipinski definition) is 5. The van der Waals surface area contributed by atoms with Crippen LogP contribution in [0.5, 0.6) is 11.5 Å². The van der Waals surface area contributed by atoms with Gasteiger partial charge in [-0.2, -0.15) is 5.10 Å². The Kier molecular flexibility index (Phi) is 5.37. The van der Waals surface area contributed by atoms with Crippen LogP contribution in [0, 0.1) is 0 Å². The molecule has 2 aromatic carbocycles. The second-order valence-corrected chi connectivity index (χ2v) is 4.41. The van der Waals surface area contributed by atoms with Crippen molar-refractivity contribution >= 4 is 17.8 Å². The predicted octanol–water partition coefficient (Wildman–Crippen LogP) is 1.96. The maximum Gasteiger partial charge on any atom is 0.259 e. The zero-order valence-electron chi connectivity index (χ0n) is 12.1. The number of hydrogen-bond donors (Lipinski definition) is 3. The van der Waals surface area contributed by atoms with E-state index >= 15 is 0 Å². The summed E-state index contributed by atoms with van der Waals surface area (Å²) >= 11 is 0. The Balaban J connectivity index is 1.85. The Morgan fingerprint density at radius 2 is 1.95 bits per heavy atom. The van der Waals surface area contributed by atoms with Gasteiger partial charge in [0, 0.05) is 5.56 Å². The molecule has 6 heteroatoms. The summed E-state index contributed by atoms with van der Waals surface area (Å²) in [5, 5.41) is 16.3. The van der Waals surface area contributed by atoms with Gasteiger partial charge < -0.3 is 15.2 Å². The third-order valence-corrected chi connectivity index (χ3v) is 2.88. The zero-order chi connectivity index (χ0) is 15.8. The molecule has 0 aromatic heterocycles. The fourth-order valence-electron chi connectivity index (χ4n) is 1.78. The average molecular weight is 299 g/mol. The van der Waals surface area contributed by atoms with Crippen molar-refractivity contribution in [1.82, 2.24) is 5.43 Å². The van der Waals surface area contributed by atoms with E-state index in [1.165, 1.54) is 6.21 Å². The highest BCUT2D eigenvalue weighted by atomic mass is 16.5. The van der Waals surface area contributed by atoms with Crippen molar-refractivity contribution in [2.24, 2.45) is 5.10 Å². The lowest BCUT2D eigenvalue weighted by Gasteiger charge is -2.09. The molecule has 114 valence electrons. The van der Waals surface area contributed by atoms with Gasteiger partial charge in [-0.05, 0) is 24.3 Å². The Labute approximate surface area is 128 Å². The minimum Gasteiger partial charge on any atom is -0.507 e. The lowest BCUT2D eigenvalue weighted by atomic mass is 10.2. The highest BCUT2D eigenvalue weighted by molar-refractivity contribution is 5.86. The Morgan fingerprint density at radius 3 is 2.73 bits per heavy atom. The maximum atomic E-state index is 11.7. The van der Waals surface area contributed by atoms with E-state index in [0.717, 1.165) is 5.69 Å². The maximum absolute atomic E-state index is 11.7. The van der Waals surface area contributed by atoms with E-state index in [1.54, 1.807) is 37.4 Å². The van der Waals surface area contributed by atoms with Crippen LogP contribution >= 0.6 is 0 Å². The first kappa shape index (κ1) is 15.4. The van der Waals surface area contributed by atoms with E-state index in [4.69, 9.17) is 4.74 Å². The number of phenols is 1. The van der Waals surface area contributed by atoms with Gasteiger partial charge in [0.05, 0.1) is 25.6 Å². The number of ether oxygens (including phenoxy) is 1. The van der Waals surface area contributed by atoms with Crippen LogP contribution in [0.15, 0.2) is 53.6 Å². The van der Waals surface area contributed by atoms with Crippen molar-refractivity contribution in [2.45, 2.75) is 0 Å². The van der Waals surface area contributed by atoms with Crippen LogP contribution in [-0.2, 0) is 4.79 Å². The van der Waals surface area contributed by atoms with Gasteiger partial charge in [-0.15, -0.1) is 0 Å². The first-order valence-corrected chi connectivity index (χ1v) is 6.67. The summed E-state index contributed by atoms with van der Waals surface area (Å²) in [6, 6.07) is 14.0. The first-order chi connectivity index (χ1) is 10.7. The molecule has 0 spiro atoms. The molecule has 22 heavy (non-hydrogen) atoms. The van der Waals surface area contributed by atoms with Gasteiger partial charge in [-0.25, -0.2) is 5.43 Å². The summed E-state index contributed by atoms with van der Waals surface area (Å²) in [6.45, 7) is 0.0541. The standard InChI is InChI=1S/C16H17N3O3/c1-22-15-9-5-3-7-13(15)17-11-16(21)19-18-10-12-6-2-4-8-14(12)20/h2-10,17,20H,11H2,1H3,(H,19,21). The number of benzene rings is 2. The largest absolute Gasteiger partial charge is 0.507 e. The van der Waals surface area contributed by atoms with Crippen LogP contribution in [0.2, 0.25) is 0 Å². The van der Waals surface area contributed by atoms with Gasteiger partial charge in [0.2, 0.25) is 0 Å². The SMILES string of the molecule is COc1ccccc1NCC(=O)NN=Cc1ccccc1O. The van der Waals surface area contributed by atoms with Gasteiger partial charge in [0.1, 0.15) is 11.5 Å². The predicted molar refractivity (Wildman–Crippen MR) is 85.3 cm³/mol. The number of hydrazone groups is 1. The Hall–Kier alpha value is -3.02. The lowest BCUT2D eigenvalue weighted by Crippen LogP contribution is -2.26. The number of rotatable bonds is 6. The van der Waals surface area contributed by atoms with Crippen molar-refractivity contribution < 1.29 is 14.6 Å². The van der Waals surface area contributed by atoms with Gasteiger partial charge in [0.25, 0.3) is 5.91 Å². The van der Waals surface area contributed by atoms with Gasteiger partial charge in [-0.3, -0.25) is 4.79 Å². The fraction of sp³-hybridized carbons (Fsp3) is 0.125. The quantitative estimate of drug-likeness (QED) is 0.562. The summed E-state index contributed by atoms with van der Waals surface area (Å²) in [4.78, 5) is 11.7. The van der Waals surface area contributed by atoms with E-state index in [2.05, 4.69) is 15.8 Å². The van der Waals surface area contributed by atoms with Crippen molar-refractivity contribution in [1.29, 1.82) is 0 Å². The molecule has 0 saturated heterocycles. The van der Waals surface area contributed by atoms with E-state index in [1.807, 2.05) is 18.2 Å².